The molecule has 0 spiro atoms. The Morgan fingerprint density at radius 3 is 2.57 bits per heavy atom. The fraction of sp³-hybridized carbons (Fsp3) is 0.300. The van der Waals surface area contributed by atoms with Crippen molar-refractivity contribution in [3.05, 3.63) is 65.2 Å². The lowest BCUT2D eigenvalue weighted by Crippen LogP contribution is -2.43. The Morgan fingerprint density at radius 1 is 1.13 bits per heavy atom. The summed E-state index contributed by atoms with van der Waals surface area (Å²) in [6.45, 7) is 0.247. The first-order chi connectivity index (χ1) is 14.2. The van der Waals surface area contributed by atoms with Gasteiger partial charge in [0.2, 0.25) is 0 Å². The molecule has 0 heterocycles. The summed E-state index contributed by atoms with van der Waals surface area (Å²) in [5, 5.41) is 3.16. The fourth-order valence-electron chi connectivity index (χ4n) is 2.46. The van der Waals surface area contributed by atoms with Crippen molar-refractivity contribution < 1.29 is 27.1 Å². The summed E-state index contributed by atoms with van der Waals surface area (Å²) >= 11 is 5.16. The van der Waals surface area contributed by atoms with E-state index in [0.29, 0.717) is 5.56 Å². The maximum absolute atomic E-state index is 12.9. The Morgan fingerprint density at radius 2 is 1.87 bits per heavy atom. The summed E-state index contributed by atoms with van der Waals surface area (Å²) in [5.41, 5.74) is 7.46. The molecule has 10 heteroatoms. The second-order valence-corrected chi connectivity index (χ2v) is 6.71. The molecule has 0 bridgehead atoms. The number of aryl methyl sites for hydroxylation is 1. The van der Waals surface area contributed by atoms with E-state index in [-0.39, 0.29) is 17.3 Å². The van der Waals surface area contributed by atoms with Gasteiger partial charge in [-0.2, -0.15) is 8.78 Å². The van der Waals surface area contributed by atoms with E-state index in [1.807, 2.05) is 31.2 Å². The minimum atomic E-state index is -4.22. The standard InChI is InChI=1S/C20H21F4N3O2S/c1-2-14-7-3-4-9-16(14)25-19(30)27-26-17(28)15-8-5-6-13(10-15)11-29-12-20(23,24)18(21)22/h3-10,18H,2,11-12H2,1H3,(H,26,28)(H2,25,27,30). The predicted octanol–water partition coefficient (Wildman–Crippen LogP) is 4.30. The van der Waals surface area contributed by atoms with Crippen molar-refractivity contribution in [3.8, 4) is 0 Å². The summed E-state index contributed by atoms with van der Waals surface area (Å²) in [6, 6.07) is 13.5. The number of para-hydroxylation sites is 1. The molecule has 0 saturated carbocycles. The van der Waals surface area contributed by atoms with E-state index in [1.54, 1.807) is 0 Å². The molecule has 0 aliphatic carbocycles. The largest absolute Gasteiger partial charge is 0.370 e. The molecule has 0 radical (unpaired) electrons. The Labute approximate surface area is 176 Å². The average Bonchev–Trinajstić information content (AvgIpc) is 2.72. The van der Waals surface area contributed by atoms with Crippen LogP contribution >= 0.6 is 12.2 Å². The van der Waals surface area contributed by atoms with Gasteiger partial charge in [0.15, 0.2) is 5.11 Å². The van der Waals surface area contributed by atoms with Crippen molar-refractivity contribution in [1.29, 1.82) is 0 Å². The van der Waals surface area contributed by atoms with Crippen molar-refractivity contribution >= 4 is 28.9 Å². The molecular weight excluding hydrogens is 422 g/mol. The van der Waals surface area contributed by atoms with Crippen molar-refractivity contribution in [2.45, 2.75) is 32.3 Å². The molecule has 0 aliphatic heterocycles. The van der Waals surface area contributed by atoms with Gasteiger partial charge < -0.3 is 10.1 Å². The van der Waals surface area contributed by atoms with Crippen LogP contribution in [-0.2, 0) is 17.8 Å². The van der Waals surface area contributed by atoms with E-state index in [1.165, 1.54) is 24.3 Å². The second-order valence-electron chi connectivity index (χ2n) is 6.30. The Bertz CT molecular complexity index is 881. The van der Waals surface area contributed by atoms with Crippen molar-refractivity contribution in [1.82, 2.24) is 10.9 Å². The number of hydrazine groups is 1. The van der Waals surface area contributed by atoms with Crippen molar-refractivity contribution in [3.63, 3.8) is 0 Å². The highest BCUT2D eigenvalue weighted by Crippen LogP contribution is 2.23. The van der Waals surface area contributed by atoms with Gasteiger partial charge in [-0.25, -0.2) is 8.78 Å². The molecule has 0 fully saturated rings. The molecule has 0 unspecified atom stereocenters. The average molecular weight is 443 g/mol. The number of halogens is 4. The normalized spacial score (nSPS) is 11.3. The third-order valence-corrected chi connectivity index (χ3v) is 4.21. The molecule has 5 nitrogen and oxygen atoms in total. The summed E-state index contributed by atoms with van der Waals surface area (Å²) in [5.74, 6) is -4.75. The van der Waals surface area contributed by atoms with E-state index >= 15 is 0 Å². The number of carbonyl (C=O) groups excluding carboxylic acids is 1. The number of carbonyl (C=O) groups is 1. The number of thiocarbonyl (C=S) groups is 1. The molecule has 2 aromatic rings. The summed E-state index contributed by atoms with van der Waals surface area (Å²) in [7, 11) is 0. The summed E-state index contributed by atoms with van der Waals surface area (Å²) < 4.78 is 54.7. The maximum atomic E-state index is 12.9. The van der Waals surface area contributed by atoms with E-state index in [9.17, 15) is 22.4 Å². The lowest BCUT2D eigenvalue weighted by atomic mass is 10.1. The molecular formula is C20H21F4N3O2S. The molecule has 0 atom stereocenters. The highest BCUT2D eigenvalue weighted by Gasteiger charge is 2.40. The van der Waals surface area contributed by atoms with Crippen LogP contribution in [0.1, 0.15) is 28.4 Å². The number of rotatable bonds is 8. The Balaban J connectivity index is 1.87. The first-order valence-corrected chi connectivity index (χ1v) is 9.41. The number of amides is 1. The molecule has 0 aromatic heterocycles. The first kappa shape index (κ1) is 23.6. The SMILES string of the molecule is CCc1ccccc1NC(=S)NNC(=O)c1cccc(COCC(F)(F)C(F)F)c1. The quantitative estimate of drug-likeness (QED) is 0.323. The minimum Gasteiger partial charge on any atom is -0.370 e. The molecule has 0 aliphatic rings. The van der Waals surface area contributed by atoms with Crippen LogP contribution in [0.4, 0.5) is 23.2 Å². The summed E-state index contributed by atoms with van der Waals surface area (Å²) in [6.07, 6.45) is -3.00. The summed E-state index contributed by atoms with van der Waals surface area (Å²) in [4.78, 5) is 12.3. The van der Waals surface area contributed by atoms with Crippen LogP contribution in [0.3, 0.4) is 0 Å². The van der Waals surface area contributed by atoms with E-state index in [4.69, 9.17) is 12.2 Å². The first-order valence-electron chi connectivity index (χ1n) is 9.01. The molecule has 3 N–H and O–H groups in total. The number of anilines is 1. The van der Waals surface area contributed by atoms with Gasteiger partial charge in [-0.3, -0.25) is 15.6 Å². The zero-order chi connectivity index (χ0) is 22.1. The smallest absolute Gasteiger partial charge is 0.330 e. The monoisotopic (exact) mass is 443 g/mol. The van der Waals surface area contributed by atoms with E-state index in [2.05, 4.69) is 20.9 Å². The van der Waals surface area contributed by atoms with E-state index < -0.39 is 24.9 Å². The third-order valence-electron chi connectivity index (χ3n) is 4.01. The molecule has 0 saturated heterocycles. The van der Waals surface area contributed by atoms with Crippen molar-refractivity contribution in [2.75, 3.05) is 11.9 Å². The second kappa shape index (κ2) is 10.9. The van der Waals surface area contributed by atoms with Crippen LogP contribution in [0.5, 0.6) is 0 Å². The number of ether oxygens (including phenoxy) is 1. The van der Waals surface area contributed by atoms with Crippen LogP contribution in [0, 0.1) is 0 Å². The predicted molar refractivity (Wildman–Crippen MR) is 110 cm³/mol. The van der Waals surface area contributed by atoms with Crippen LogP contribution < -0.4 is 16.2 Å². The molecule has 2 aromatic carbocycles. The van der Waals surface area contributed by atoms with Crippen LogP contribution in [-0.4, -0.2) is 30.0 Å². The molecule has 2 rings (SSSR count). The number of alkyl halides is 4. The zero-order valence-electron chi connectivity index (χ0n) is 16.1. The number of hydrogen-bond donors (Lipinski definition) is 3. The van der Waals surface area contributed by atoms with Gasteiger partial charge in [0.1, 0.15) is 6.61 Å². The number of nitrogens with one attached hydrogen (secondary N) is 3. The third kappa shape index (κ3) is 6.96. The van der Waals surface area contributed by atoms with Crippen LogP contribution in [0.25, 0.3) is 0 Å². The van der Waals surface area contributed by atoms with Gasteiger partial charge in [-0.15, -0.1) is 0 Å². The van der Waals surface area contributed by atoms with Gasteiger partial charge in [-0.1, -0.05) is 37.3 Å². The Kier molecular flexibility index (Phi) is 8.55. The zero-order valence-corrected chi connectivity index (χ0v) is 16.9. The fourth-order valence-corrected chi connectivity index (χ4v) is 2.62. The van der Waals surface area contributed by atoms with Crippen LogP contribution in [0.15, 0.2) is 48.5 Å². The van der Waals surface area contributed by atoms with Gasteiger partial charge in [-0.05, 0) is 48.0 Å². The number of benzene rings is 2. The van der Waals surface area contributed by atoms with E-state index in [0.717, 1.165) is 17.7 Å². The lowest BCUT2D eigenvalue weighted by molar-refractivity contribution is -0.168. The highest BCUT2D eigenvalue weighted by atomic mass is 32.1. The van der Waals surface area contributed by atoms with Crippen molar-refractivity contribution in [2.24, 2.45) is 0 Å². The maximum Gasteiger partial charge on any atom is 0.330 e. The van der Waals surface area contributed by atoms with Gasteiger partial charge in [0.05, 0.1) is 6.61 Å². The van der Waals surface area contributed by atoms with Gasteiger partial charge >= 0.3 is 12.3 Å². The molecule has 162 valence electrons. The lowest BCUT2D eigenvalue weighted by Gasteiger charge is -2.15. The molecule has 1 amide bonds. The van der Waals surface area contributed by atoms with Gasteiger partial charge in [0, 0.05) is 11.3 Å². The topological polar surface area (TPSA) is 62.4 Å². The minimum absolute atomic E-state index is 0.179. The highest BCUT2D eigenvalue weighted by molar-refractivity contribution is 7.80. The van der Waals surface area contributed by atoms with Gasteiger partial charge in [0.25, 0.3) is 5.91 Å². The van der Waals surface area contributed by atoms with Crippen LogP contribution in [0.2, 0.25) is 0 Å². The molecule has 30 heavy (non-hydrogen) atoms. The Hall–Kier alpha value is -2.72. The number of hydrogen-bond acceptors (Lipinski definition) is 3.